The Bertz CT molecular complexity index is 831. The predicted molar refractivity (Wildman–Crippen MR) is 87.7 cm³/mol. The van der Waals surface area contributed by atoms with Crippen molar-refractivity contribution >= 4 is 26.8 Å². The summed E-state index contributed by atoms with van der Waals surface area (Å²) in [6.07, 6.45) is 2.74. The number of carboxylic acid groups (broad SMARTS) is 1. The van der Waals surface area contributed by atoms with Gasteiger partial charge in [-0.2, -0.15) is 0 Å². The van der Waals surface area contributed by atoms with Crippen LogP contribution in [0.3, 0.4) is 0 Å². The van der Waals surface area contributed by atoms with Gasteiger partial charge in [-0.1, -0.05) is 43.2 Å². The van der Waals surface area contributed by atoms with Crippen LogP contribution in [0.4, 0.5) is 0 Å². The van der Waals surface area contributed by atoms with E-state index in [0.717, 1.165) is 23.6 Å². The quantitative estimate of drug-likeness (QED) is 0.901. The smallest absolute Gasteiger partial charge is 0.308 e. The van der Waals surface area contributed by atoms with E-state index in [4.69, 9.17) is 0 Å². The average Bonchev–Trinajstić information content (AvgIpc) is 2.54. The minimum absolute atomic E-state index is 0.172. The Kier molecular flexibility index (Phi) is 4.37. The zero-order chi connectivity index (χ0) is 16.4. The van der Waals surface area contributed by atoms with Gasteiger partial charge in [-0.3, -0.25) is 4.79 Å². The number of hydrogen-bond donors (Lipinski definition) is 2. The lowest BCUT2D eigenvalue weighted by Crippen LogP contribution is -2.44. The second-order valence-electron chi connectivity index (χ2n) is 5.97. The third-order valence-corrected chi connectivity index (χ3v) is 5.91. The van der Waals surface area contributed by atoms with Crippen molar-refractivity contribution in [3.05, 3.63) is 42.5 Å². The van der Waals surface area contributed by atoms with Gasteiger partial charge in [-0.05, 0) is 35.7 Å². The summed E-state index contributed by atoms with van der Waals surface area (Å²) in [5.41, 5.74) is 0. The maximum Gasteiger partial charge on any atom is 0.308 e. The normalized spacial score (nSPS) is 22.1. The molecule has 5 nitrogen and oxygen atoms in total. The van der Waals surface area contributed by atoms with Crippen molar-refractivity contribution in [3.8, 4) is 0 Å². The number of nitrogens with one attached hydrogen (secondary N) is 1. The molecule has 0 aliphatic heterocycles. The maximum absolute atomic E-state index is 12.6. The Morgan fingerprint density at radius 3 is 2.48 bits per heavy atom. The fourth-order valence-corrected chi connectivity index (χ4v) is 4.52. The van der Waals surface area contributed by atoms with Crippen LogP contribution in [0.25, 0.3) is 10.8 Å². The van der Waals surface area contributed by atoms with Gasteiger partial charge in [0.2, 0.25) is 10.0 Å². The van der Waals surface area contributed by atoms with E-state index in [1.807, 2.05) is 24.3 Å². The van der Waals surface area contributed by atoms with Gasteiger partial charge >= 0.3 is 5.97 Å². The van der Waals surface area contributed by atoms with Gasteiger partial charge in [-0.25, -0.2) is 13.1 Å². The molecule has 0 amide bonds. The molecule has 2 atom stereocenters. The highest BCUT2D eigenvalue weighted by atomic mass is 32.2. The third-order valence-electron chi connectivity index (χ3n) is 4.42. The van der Waals surface area contributed by atoms with E-state index in [1.165, 1.54) is 0 Å². The number of fused-ring (bicyclic) bond motifs is 1. The summed E-state index contributed by atoms with van der Waals surface area (Å²) in [5, 5.41) is 11.1. The van der Waals surface area contributed by atoms with Crippen molar-refractivity contribution in [2.45, 2.75) is 36.6 Å². The highest BCUT2D eigenvalue weighted by molar-refractivity contribution is 7.89. The van der Waals surface area contributed by atoms with Crippen LogP contribution in [-0.4, -0.2) is 25.5 Å². The van der Waals surface area contributed by atoms with Gasteiger partial charge in [-0.15, -0.1) is 0 Å². The molecule has 0 bridgehead atoms. The molecule has 0 saturated heterocycles. The SMILES string of the molecule is O=C(O)C1CCCCC1NS(=O)(=O)c1ccc2ccccc2c1. The van der Waals surface area contributed by atoms with E-state index in [0.29, 0.717) is 12.8 Å². The molecule has 1 aliphatic carbocycles. The number of rotatable bonds is 4. The summed E-state index contributed by atoms with van der Waals surface area (Å²) in [5.74, 6) is -1.59. The highest BCUT2D eigenvalue weighted by Gasteiger charge is 2.33. The molecule has 122 valence electrons. The Labute approximate surface area is 135 Å². The van der Waals surface area contributed by atoms with Gasteiger partial charge in [0, 0.05) is 6.04 Å². The predicted octanol–water partition coefficient (Wildman–Crippen LogP) is 2.76. The Morgan fingerprint density at radius 2 is 1.74 bits per heavy atom. The molecule has 0 aromatic heterocycles. The number of benzene rings is 2. The van der Waals surface area contributed by atoms with E-state index in [1.54, 1.807) is 18.2 Å². The molecule has 1 saturated carbocycles. The molecule has 6 heteroatoms. The first-order valence-electron chi connectivity index (χ1n) is 7.71. The summed E-state index contributed by atoms with van der Waals surface area (Å²) in [4.78, 5) is 11.5. The maximum atomic E-state index is 12.6. The summed E-state index contributed by atoms with van der Waals surface area (Å²) < 4.78 is 27.8. The number of hydrogen-bond acceptors (Lipinski definition) is 3. The van der Waals surface area contributed by atoms with Crippen LogP contribution in [0.1, 0.15) is 25.7 Å². The van der Waals surface area contributed by atoms with Crippen molar-refractivity contribution in [2.75, 3.05) is 0 Å². The van der Waals surface area contributed by atoms with E-state index in [2.05, 4.69) is 4.72 Å². The fraction of sp³-hybridized carbons (Fsp3) is 0.353. The fourth-order valence-electron chi connectivity index (χ4n) is 3.17. The second kappa shape index (κ2) is 6.29. The van der Waals surface area contributed by atoms with Crippen LogP contribution in [0, 0.1) is 5.92 Å². The van der Waals surface area contributed by atoms with Crippen LogP contribution in [0.15, 0.2) is 47.4 Å². The minimum atomic E-state index is -3.73. The minimum Gasteiger partial charge on any atom is -0.481 e. The number of sulfonamides is 1. The van der Waals surface area contributed by atoms with Gasteiger partial charge in [0.25, 0.3) is 0 Å². The number of carbonyl (C=O) groups is 1. The summed E-state index contributed by atoms with van der Waals surface area (Å²) in [6, 6.07) is 11.9. The second-order valence-corrected chi connectivity index (χ2v) is 7.68. The molecule has 1 aliphatic rings. The van der Waals surface area contributed by atoms with E-state index < -0.39 is 28.0 Å². The molecule has 2 aromatic carbocycles. The lowest BCUT2D eigenvalue weighted by atomic mass is 9.85. The van der Waals surface area contributed by atoms with E-state index >= 15 is 0 Å². The first-order chi connectivity index (χ1) is 11.0. The molecular formula is C17H19NO4S. The Hall–Kier alpha value is -1.92. The monoisotopic (exact) mass is 333 g/mol. The van der Waals surface area contributed by atoms with Crippen molar-refractivity contribution < 1.29 is 18.3 Å². The molecule has 0 spiro atoms. The highest BCUT2D eigenvalue weighted by Crippen LogP contribution is 2.27. The number of aliphatic carboxylic acids is 1. The molecule has 3 rings (SSSR count). The zero-order valence-electron chi connectivity index (χ0n) is 12.6. The van der Waals surface area contributed by atoms with Crippen molar-refractivity contribution in [2.24, 2.45) is 5.92 Å². The largest absolute Gasteiger partial charge is 0.481 e. The van der Waals surface area contributed by atoms with Crippen LogP contribution in [0.5, 0.6) is 0 Å². The summed E-state index contributed by atoms with van der Waals surface area (Å²) in [6.45, 7) is 0. The van der Waals surface area contributed by atoms with Crippen LogP contribution in [-0.2, 0) is 14.8 Å². The lowest BCUT2D eigenvalue weighted by Gasteiger charge is -2.29. The van der Waals surface area contributed by atoms with Crippen molar-refractivity contribution in [3.63, 3.8) is 0 Å². The molecule has 2 unspecified atom stereocenters. The van der Waals surface area contributed by atoms with Gasteiger partial charge in [0.15, 0.2) is 0 Å². The summed E-state index contributed by atoms with van der Waals surface area (Å²) >= 11 is 0. The van der Waals surface area contributed by atoms with Gasteiger partial charge in [0.05, 0.1) is 10.8 Å². The van der Waals surface area contributed by atoms with Gasteiger partial charge in [0.1, 0.15) is 0 Å². The first-order valence-corrected chi connectivity index (χ1v) is 9.20. The van der Waals surface area contributed by atoms with Crippen molar-refractivity contribution in [1.82, 2.24) is 4.72 Å². The Morgan fingerprint density at radius 1 is 1.04 bits per heavy atom. The van der Waals surface area contributed by atoms with Gasteiger partial charge < -0.3 is 5.11 Å². The molecule has 2 aromatic rings. The Balaban J connectivity index is 1.88. The molecular weight excluding hydrogens is 314 g/mol. The van der Waals surface area contributed by atoms with Crippen LogP contribution < -0.4 is 4.72 Å². The lowest BCUT2D eigenvalue weighted by molar-refractivity contribution is -0.143. The average molecular weight is 333 g/mol. The van der Waals surface area contributed by atoms with E-state index in [9.17, 15) is 18.3 Å². The topological polar surface area (TPSA) is 83.5 Å². The molecule has 23 heavy (non-hydrogen) atoms. The van der Waals surface area contributed by atoms with Crippen molar-refractivity contribution in [1.29, 1.82) is 0 Å². The first kappa shape index (κ1) is 16.0. The molecule has 0 radical (unpaired) electrons. The molecule has 0 heterocycles. The van der Waals surface area contributed by atoms with E-state index in [-0.39, 0.29) is 4.90 Å². The zero-order valence-corrected chi connectivity index (χ0v) is 13.4. The number of carboxylic acids is 1. The third kappa shape index (κ3) is 3.38. The summed E-state index contributed by atoms with van der Waals surface area (Å²) in [7, 11) is -3.73. The molecule has 1 fully saturated rings. The molecule has 2 N–H and O–H groups in total. The van der Waals surface area contributed by atoms with Crippen LogP contribution >= 0.6 is 0 Å². The van der Waals surface area contributed by atoms with Crippen LogP contribution in [0.2, 0.25) is 0 Å². The standard InChI is InChI=1S/C17H19NO4S/c19-17(20)15-7-3-4-8-16(15)18-23(21,22)14-10-9-12-5-1-2-6-13(12)11-14/h1-2,5-6,9-11,15-16,18H,3-4,7-8H2,(H,19,20).